The third-order valence-electron chi connectivity index (χ3n) is 3.80. The SMILES string of the molecule is N[C@H]1CC(C2CCCOC2)Oc2ccccc21. The van der Waals surface area contributed by atoms with E-state index in [0.717, 1.165) is 37.4 Å². The van der Waals surface area contributed by atoms with Crippen LogP contribution in [-0.4, -0.2) is 19.3 Å². The highest BCUT2D eigenvalue weighted by Gasteiger charge is 2.32. The molecule has 0 aliphatic carbocycles. The van der Waals surface area contributed by atoms with Crippen LogP contribution in [0.4, 0.5) is 0 Å². The highest BCUT2D eigenvalue weighted by Crippen LogP contribution is 2.36. The van der Waals surface area contributed by atoms with Crippen LogP contribution < -0.4 is 10.5 Å². The number of hydrogen-bond donors (Lipinski definition) is 1. The Hall–Kier alpha value is -1.06. The second-order valence-electron chi connectivity index (χ2n) is 5.01. The summed E-state index contributed by atoms with van der Waals surface area (Å²) in [6.07, 6.45) is 3.46. The zero-order valence-corrected chi connectivity index (χ0v) is 9.97. The Labute approximate surface area is 102 Å². The molecule has 1 fully saturated rings. The summed E-state index contributed by atoms with van der Waals surface area (Å²) in [5.41, 5.74) is 7.36. The van der Waals surface area contributed by atoms with Gasteiger partial charge in [-0.05, 0) is 18.9 Å². The van der Waals surface area contributed by atoms with Crippen LogP contribution in [0.5, 0.6) is 5.75 Å². The molecule has 3 rings (SSSR count). The lowest BCUT2D eigenvalue weighted by molar-refractivity contribution is -0.00923. The van der Waals surface area contributed by atoms with Gasteiger partial charge in [0, 0.05) is 30.6 Å². The lowest BCUT2D eigenvalue weighted by Crippen LogP contribution is -2.38. The van der Waals surface area contributed by atoms with E-state index in [1.165, 1.54) is 6.42 Å². The predicted molar refractivity (Wildman–Crippen MR) is 65.9 cm³/mol. The fraction of sp³-hybridized carbons (Fsp3) is 0.571. The minimum absolute atomic E-state index is 0.104. The second kappa shape index (κ2) is 4.67. The van der Waals surface area contributed by atoms with Gasteiger partial charge in [0.05, 0.1) is 6.61 Å². The molecule has 2 unspecified atom stereocenters. The van der Waals surface area contributed by atoms with E-state index in [9.17, 15) is 0 Å². The van der Waals surface area contributed by atoms with E-state index >= 15 is 0 Å². The van der Waals surface area contributed by atoms with E-state index in [2.05, 4.69) is 6.07 Å². The maximum Gasteiger partial charge on any atom is 0.124 e. The molecular formula is C14H19NO2. The average Bonchev–Trinajstić information content (AvgIpc) is 2.40. The molecular weight excluding hydrogens is 214 g/mol. The Balaban J connectivity index is 1.78. The number of ether oxygens (including phenoxy) is 2. The van der Waals surface area contributed by atoms with Crippen molar-refractivity contribution in [2.45, 2.75) is 31.4 Å². The lowest BCUT2D eigenvalue weighted by atomic mass is 9.87. The van der Waals surface area contributed by atoms with Crippen molar-refractivity contribution >= 4 is 0 Å². The Morgan fingerprint density at radius 1 is 1.24 bits per heavy atom. The number of hydrogen-bond acceptors (Lipinski definition) is 3. The van der Waals surface area contributed by atoms with E-state index in [4.69, 9.17) is 15.2 Å². The second-order valence-corrected chi connectivity index (χ2v) is 5.01. The molecule has 0 saturated carbocycles. The monoisotopic (exact) mass is 233 g/mol. The molecule has 0 bridgehead atoms. The van der Waals surface area contributed by atoms with Crippen molar-refractivity contribution in [2.24, 2.45) is 11.7 Å². The molecule has 2 aliphatic heterocycles. The standard InChI is InChI=1S/C14H19NO2/c15-12-8-14(10-4-3-7-16-9-10)17-13-6-2-1-5-11(12)13/h1-2,5-6,10,12,14H,3-4,7-9,15H2/t10?,12-,14?/m0/s1. The highest BCUT2D eigenvalue weighted by atomic mass is 16.5. The van der Waals surface area contributed by atoms with Crippen molar-refractivity contribution in [1.29, 1.82) is 0 Å². The van der Waals surface area contributed by atoms with Crippen LogP contribution in [0.2, 0.25) is 0 Å². The van der Waals surface area contributed by atoms with Crippen molar-refractivity contribution < 1.29 is 9.47 Å². The number of fused-ring (bicyclic) bond motifs is 1. The molecule has 0 radical (unpaired) electrons. The zero-order valence-electron chi connectivity index (χ0n) is 9.97. The summed E-state index contributed by atoms with van der Waals surface area (Å²) in [7, 11) is 0. The number of benzene rings is 1. The first-order valence-corrected chi connectivity index (χ1v) is 6.43. The molecule has 1 aromatic carbocycles. The zero-order chi connectivity index (χ0) is 11.7. The molecule has 2 N–H and O–H groups in total. The molecule has 0 amide bonds. The van der Waals surface area contributed by atoms with Crippen molar-refractivity contribution in [2.75, 3.05) is 13.2 Å². The van der Waals surface area contributed by atoms with Crippen molar-refractivity contribution in [3.8, 4) is 5.75 Å². The summed E-state index contributed by atoms with van der Waals surface area (Å²) in [6, 6.07) is 8.21. The molecule has 92 valence electrons. The Kier molecular flexibility index (Phi) is 3.04. The van der Waals surface area contributed by atoms with Gasteiger partial charge in [-0.3, -0.25) is 0 Å². The minimum Gasteiger partial charge on any atom is -0.490 e. The van der Waals surface area contributed by atoms with Gasteiger partial charge in [0.1, 0.15) is 11.9 Å². The largest absolute Gasteiger partial charge is 0.490 e. The van der Waals surface area contributed by atoms with Crippen LogP contribution in [0.15, 0.2) is 24.3 Å². The van der Waals surface area contributed by atoms with Gasteiger partial charge in [-0.2, -0.15) is 0 Å². The summed E-state index contributed by atoms with van der Waals surface area (Å²) in [6.45, 7) is 1.71. The van der Waals surface area contributed by atoms with E-state index < -0.39 is 0 Å². The van der Waals surface area contributed by atoms with Gasteiger partial charge in [-0.25, -0.2) is 0 Å². The van der Waals surface area contributed by atoms with Crippen LogP contribution in [0.3, 0.4) is 0 Å². The average molecular weight is 233 g/mol. The van der Waals surface area contributed by atoms with Crippen LogP contribution in [-0.2, 0) is 4.74 Å². The number of para-hydroxylation sites is 1. The van der Waals surface area contributed by atoms with Gasteiger partial charge in [0.15, 0.2) is 0 Å². The van der Waals surface area contributed by atoms with Gasteiger partial charge in [-0.1, -0.05) is 18.2 Å². The van der Waals surface area contributed by atoms with Gasteiger partial charge in [0.25, 0.3) is 0 Å². The van der Waals surface area contributed by atoms with Gasteiger partial charge in [-0.15, -0.1) is 0 Å². The smallest absolute Gasteiger partial charge is 0.124 e. The summed E-state index contributed by atoms with van der Waals surface area (Å²) in [5.74, 6) is 1.46. The third-order valence-corrected chi connectivity index (χ3v) is 3.80. The van der Waals surface area contributed by atoms with E-state index in [1.807, 2.05) is 18.2 Å². The Morgan fingerprint density at radius 2 is 2.12 bits per heavy atom. The van der Waals surface area contributed by atoms with Gasteiger partial charge in [0.2, 0.25) is 0 Å². The van der Waals surface area contributed by atoms with Crippen LogP contribution in [0.25, 0.3) is 0 Å². The van der Waals surface area contributed by atoms with E-state index in [-0.39, 0.29) is 12.1 Å². The predicted octanol–water partition coefficient (Wildman–Crippen LogP) is 2.26. The molecule has 2 aliphatic rings. The van der Waals surface area contributed by atoms with Crippen molar-refractivity contribution in [3.05, 3.63) is 29.8 Å². The molecule has 2 heterocycles. The Bertz CT molecular complexity index is 388. The minimum atomic E-state index is 0.104. The highest BCUT2D eigenvalue weighted by molar-refractivity contribution is 5.37. The molecule has 1 saturated heterocycles. The van der Waals surface area contributed by atoms with Crippen LogP contribution >= 0.6 is 0 Å². The molecule has 0 aromatic heterocycles. The first-order valence-electron chi connectivity index (χ1n) is 6.43. The summed E-state index contributed by atoms with van der Waals surface area (Å²) >= 11 is 0. The van der Waals surface area contributed by atoms with Crippen molar-refractivity contribution in [3.63, 3.8) is 0 Å². The molecule has 0 spiro atoms. The molecule has 3 nitrogen and oxygen atoms in total. The summed E-state index contributed by atoms with van der Waals surface area (Å²) < 4.78 is 11.6. The summed E-state index contributed by atoms with van der Waals surface area (Å²) in [4.78, 5) is 0. The first kappa shape index (κ1) is 11.1. The Morgan fingerprint density at radius 3 is 2.94 bits per heavy atom. The quantitative estimate of drug-likeness (QED) is 0.809. The molecule has 1 aromatic rings. The maximum absolute atomic E-state index is 6.22. The van der Waals surface area contributed by atoms with E-state index in [0.29, 0.717) is 5.92 Å². The summed E-state index contributed by atoms with van der Waals surface area (Å²) in [5, 5.41) is 0. The van der Waals surface area contributed by atoms with Gasteiger partial charge >= 0.3 is 0 Å². The normalized spacial score (nSPS) is 32.6. The van der Waals surface area contributed by atoms with Crippen LogP contribution in [0.1, 0.15) is 30.9 Å². The van der Waals surface area contributed by atoms with Crippen molar-refractivity contribution in [1.82, 2.24) is 0 Å². The molecule has 3 heteroatoms. The first-order chi connectivity index (χ1) is 8.34. The van der Waals surface area contributed by atoms with Crippen LogP contribution in [0, 0.1) is 5.92 Å². The molecule has 3 atom stereocenters. The maximum atomic E-state index is 6.22. The van der Waals surface area contributed by atoms with E-state index in [1.54, 1.807) is 0 Å². The van der Waals surface area contributed by atoms with Gasteiger partial charge < -0.3 is 15.2 Å². The topological polar surface area (TPSA) is 44.5 Å². The number of rotatable bonds is 1. The third kappa shape index (κ3) is 2.17. The fourth-order valence-corrected chi connectivity index (χ4v) is 2.83. The number of nitrogens with two attached hydrogens (primary N) is 1. The lowest BCUT2D eigenvalue weighted by Gasteiger charge is -2.36. The molecule has 17 heavy (non-hydrogen) atoms. The fourth-order valence-electron chi connectivity index (χ4n) is 2.83.